The van der Waals surface area contributed by atoms with Gasteiger partial charge in [-0.15, -0.1) is 0 Å². The second-order valence-electron chi connectivity index (χ2n) is 4.21. The summed E-state index contributed by atoms with van der Waals surface area (Å²) in [6.07, 6.45) is 3.21. The van der Waals surface area contributed by atoms with Crippen LogP contribution in [-0.4, -0.2) is 40.8 Å². The highest BCUT2D eigenvalue weighted by molar-refractivity contribution is 5.94. The summed E-state index contributed by atoms with van der Waals surface area (Å²) in [5, 5.41) is 12.5. The Morgan fingerprint density at radius 2 is 2.56 bits per heavy atom. The zero-order valence-electron chi connectivity index (χ0n) is 9.35. The van der Waals surface area contributed by atoms with Gasteiger partial charge in [-0.2, -0.15) is 0 Å². The number of hydrogen-bond acceptors (Lipinski definition) is 4. The van der Waals surface area contributed by atoms with Crippen molar-refractivity contribution in [2.24, 2.45) is 5.92 Å². The third-order valence-electron chi connectivity index (χ3n) is 3.09. The van der Waals surface area contributed by atoms with Gasteiger partial charge in [0.15, 0.2) is 0 Å². The quantitative estimate of drug-likeness (QED) is 0.825. The van der Waals surface area contributed by atoms with Gasteiger partial charge >= 0.3 is 0 Å². The van der Waals surface area contributed by atoms with Gasteiger partial charge in [0.2, 0.25) is 0 Å². The molecule has 2 rings (SSSR count). The molecule has 0 aliphatic carbocycles. The summed E-state index contributed by atoms with van der Waals surface area (Å²) >= 11 is 0. The van der Waals surface area contributed by atoms with Gasteiger partial charge < -0.3 is 14.5 Å². The van der Waals surface area contributed by atoms with Gasteiger partial charge in [0.1, 0.15) is 11.3 Å². The molecule has 1 saturated heterocycles. The fourth-order valence-electron chi connectivity index (χ4n) is 2.11. The molecule has 0 bridgehead atoms. The van der Waals surface area contributed by atoms with E-state index in [1.165, 1.54) is 6.20 Å². The number of likely N-dealkylation sites (tertiary alicyclic amines) is 1. The fourth-order valence-corrected chi connectivity index (χ4v) is 2.11. The molecule has 1 atom stereocenters. The van der Waals surface area contributed by atoms with Crippen LogP contribution in [0, 0.1) is 12.8 Å². The predicted octanol–water partition coefficient (Wildman–Crippen LogP) is 0.828. The maximum atomic E-state index is 12.0. The number of hydrogen-bond donors (Lipinski definition) is 1. The van der Waals surface area contributed by atoms with Crippen LogP contribution < -0.4 is 0 Å². The van der Waals surface area contributed by atoms with Crippen molar-refractivity contribution in [2.45, 2.75) is 19.8 Å². The molecule has 1 aromatic heterocycles. The van der Waals surface area contributed by atoms with Gasteiger partial charge in [0.25, 0.3) is 5.91 Å². The summed E-state index contributed by atoms with van der Waals surface area (Å²) in [4.78, 5) is 13.8. The summed E-state index contributed by atoms with van der Waals surface area (Å²) < 4.78 is 4.88. The monoisotopic (exact) mass is 224 g/mol. The van der Waals surface area contributed by atoms with Crippen molar-refractivity contribution in [3.8, 4) is 0 Å². The van der Waals surface area contributed by atoms with Crippen molar-refractivity contribution in [3.63, 3.8) is 0 Å². The molecule has 0 spiro atoms. The Hall–Kier alpha value is -1.36. The topological polar surface area (TPSA) is 66.6 Å². The van der Waals surface area contributed by atoms with Crippen LogP contribution in [0.15, 0.2) is 10.7 Å². The second-order valence-corrected chi connectivity index (χ2v) is 4.21. The van der Waals surface area contributed by atoms with Crippen molar-refractivity contribution in [1.29, 1.82) is 0 Å². The molecule has 1 aliphatic rings. The zero-order chi connectivity index (χ0) is 11.5. The summed E-state index contributed by atoms with van der Waals surface area (Å²) in [6, 6.07) is 0. The average Bonchev–Trinajstić information content (AvgIpc) is 2.87. The molecule has 0 aromatic carbocycles. The van der Waals surface area contributed by atoms with E-state index in [0.29, 0.717) is 17.2 Å². The lowest BCUT2D eigenvalue weighted by molar-refractivity contribution is 0.0783. The molecule has 1 unspecified atom stereocenters. The Balaban J connectivity index is 2.00. The van der Waals surface area contributed by atoms with Gasteiger partial charge in [-0.05, 0) is 25.7 Å². The van der Waals surface area contributed by atoms with Crippen molar-refractivity contribution < 1.29 is 14.4 Å². The van der Waals surface area contributed by atoms with E-state index in [4.69, 9.17) is 9.63 Å². The van der Waals surface area contributed by atoms with Crippen LogP contribution >= 0.6 is 0 Å². The first-order valence-corrected chi connectivity index (χ1v) is 5.53. The molecule has 1 amide bonds. The molecule has 2 heterocycles. The van der Waals surface area contributed by atoms with E-state index in [-0.39, 0.29) is 12.5 Å². The Morgan fingerprint density at radius 3 is 3.19 bits per heavy atom. The summed E-state index contributed by atoms with van der Waals surface area (Å²) in [6.45, 7) is 3.42. The van der Waals surface area contributed by atoms with E-state index >= 15 is 0 Å². The number of rotatable bonds is 3. The largest absolute Gasteiger partial charge is 0.396 e. The number of amides is 1. The molecular formula is C11H16N2O3. The highest BCUT2D eigenvalue weighted by Crippen LogP contribution is 2.21. The second kappa shape index (κ2) is 4.65. The van der Waals surface area contributed by atoms with E-state index in [9.17, 15) is 4.79 Å². The van der Waals surface area contributed by atoms with E-state index in [2.05, 4.69) is 5.16 Å². The number of aliphatic hydroxyl groups is 1. The van der Waals surface area contributed by atoms with Crippen LogP contribution in [0.1, 0.15) is 29.0 Å². The van der Waals surface area contributed by atoms with Gasteiger partial charge in [-0.25, -0.2) is 0 Å². The number of carbonyl (C=O) groups excluding carboxylic acids is 1. The van der Waals surface area contributed by atoms with Crippen LogP contribution in [-0.2, 0) is 0 Å². The van der Waals surface area contributed by atoms with E-state index in [0.717, 1.165) is 25.9 Å². The molecule has 16 heavy (non-hydrogen) atoms. The van der Waals surface area contributed by atoms with E-state index < -0.39 is 0 Å². The number of nitrogens with zero attached hydrogens (tertiary/aromatic N) is 2. The first-order valence-electron chi connectivity index (χ1n) is 5.53. The molecule has 88 valence electrons. The van der Waals surface area contributed by atoms with Crippen LogP contribution in [0.4, 0.5) is 0 Å². The van der Waals surface area contributed by atoms with Gasteiger partial charge in [0.05, 0.1) is 6.20 Å². The summed E-state index contributed by atoms with van der Waals surface area (Å²) in [7, 11) is 0. The number of aryl methyl sites for hydroxylation is 1. The van der Waals surface area contributed by atoms with Crippen LogP contribution in [0.25, 0.3) is 0 Å². The number of aromatic nitrogens is 1. The molecular weight excluding hydrogens is 208 g/mol. The molecule has 1 fully saturated rings. The predicted molar refractivity (Wildman–Crippen MR) is 57.0 cm³/mol. The molecule has 0 saturated carbocycles. The lowest BCUT2D eigenvalue weighted by atomic mass is 10.1. The Kier molecular flexibility index (Phi) is 3.24. The smallest absolute Gasteiger partial charge is 0.259 e. The normalized spacial score (nSPS) is 20.4. The highest BCUT2D eigenvalue weighted by Gasteiger charge is 2.28. The van der Waals surface area contributed by atoms with Gasteiger partial charge in [-0.3, -0.25) is 4.79 Å². The van der Waals surface area contributed by atoms with Crippen LogP contribution in [0.5, 0.6) is 0 Å². The summed E-state index contributed by atoms with van der Waals surface area (Å²) in [5.74, 6) is 0.976. The van der Waals surface area contributed by atoms with Crippen LogP contribution in [0.3, 0.4) is 0 Å². The molecule has 0 radical (unpaired) electrons. The van der Waals surface area contributed by atoms with Crippen molar-refractivity contribution >= 4 is 5.91 Å². The third kappa shape index (κ3) is 2.09. The maximum absolute atomic E-state index is 12.0. The first kappa shape index (κ1) is 11.1. The van der Waals surface area contributed by atoms with Crippen molar-refractivity contribution in [1.82, 2.24) is 10.1 Å². The van der Waals surface area contributed by atoms with Gasteiger partial charge in [0, 0.05) is 19.7 Å². The fraction of sp³-hybridized carbons (Fsp3) is 0.636. The maximum Gasteiger partial charge on any atom is 0.259 e. The first-order chi connectivity index (χ1) is 7.72. The molecule has 5 heteroatoms. The molecule has 1 aromatic rings. The minimum absolute atomic E-state index is 0.0146. The van der Waals surface area contributed by atoms with E-state index in [1.807, 2.05) is 0 Å². The summed E-state index contributed by atoms with van der Waals surface area (Å²) in [5.41, 5.74) is 0.546. The molecule has 1 N–H and O–H groups in total. The minimum atomic E-state index is -0.0146. The standard InChI is InChI=1S/C11H16N2O3/c1-8-10(6-12-16-8)11(15)13-4-2-9(7-13)3-5-14/h6,9,14H,2-5,7H2,1H3. The third-order valence-corrected chi connectivity index (χ3v) is 3.09. The number of carbonyl (C=O) groups is 1. The SMILES string of the molecule is Cc1oncc1C(=O)N1CCC(CCO)C1. The Morgan fingerprint density at radius 1 is 1.75 bits per heavy atom. The lowest BCUT2D eigenvalue weighted by Crippen LogP contribution is -2.29. The van der Waals surface area contributed by atoms with Crippen molar-refractivity contribution in [2.75, 3.05) is 19.7 Å². The number of aliphatic hydroxyl groups excluding tert-OH is 1. The van der Waals surface area contributed by atoms with Gasteiger partial charge in [-0.1, -0.05) is 5.16 Å². The van der Waals surface area contributed by atoms with Crippen molar-refractivity contribution in [3.05, 3.63) is 17.5 Å². The molecule has 5 nitrogen and oxygen atoms in total. The van der Waals surface area contributed by atoms with E-state index in [1.54, 1.807) is 11.8 Å². The highest BCUT2D eigenvalue weighted by atomic mass is 16.5. The van der Waals surface area contributed by atoms with Crippen LogP contribution in [0.2, 0.25) is 0 Å². The minimum Gasteiger partial charge on any atom is -0.396 e. The molecule has 1 aliphatic heterocycles. The lowest BCUT2D eigenvalue weighted by Gasteiger charge is -2.15. The average molecular weight is 224 g/mol. The Labute approximate surface area is 94.0 Å². The zero-order valence-corrected chi connectivity index (χ0v) is 9.35. The Bertz CT molecular complexity index is 375.